The van der Waals surface area contributed by atoms with E-state index in [9.17, 15) is 45.6 Å². The second kappa shape index (κ2) is 13.1. The summed E-state index contributed by atoms with van der Waals surface area (Å²) in [5, 5.41) is 82.5. The van der Waals surface area contributed by atoms with Crippen LogP contribution in [0.4, 0.5) is 0 Å². The fraction of sp³-hybridized carbons (Fsp3) is 0.519. The van der Waals surface area contributed by atoms with E-state index in [0.29, 0.717) is 0 Å². The van der Waals surface area contributed by atoms with E-state index in [-0.39, 0.29) is 40.5 Å². The summed E-state index contributed by atoms with van der Waals surface area (Å²) in [5.74, 6) is 8.07. The predicted molar refractivity (Wildman–Crippen MR) is 144 cm³/mol. The maximum Gasteiger partial charge on any atom is 0.229 e. The fourth-order valence-electron chi connectivity index (χ4n) is 5.35. The molecule has 1 unspecified atom stereocenters. The van der Waals surface area contributed by atoms with E-state index >= 15 is 0 Å². The van der Waals surface area contributed by atoms with Crippen molar-refractivity contribution in [2.45, 2.75) is 80.9 Å². The number of nitrogens with two attached hydrogens (primary N) is 2. The summed E-state index contributed by atoms with van der Waals surface area (Å²) in [7, 11) is 0. The average Bonchev–Trinajstić information content (AvgIpc) is 3.01. The van der Waals surface area contributed by atoms with Gasteiger partial charge in [0.15, 0.2) is 29.7 Å². The highest BCUT2D eigenvalue weighted by molar-refractivity contribution is 6.02. The van der Waals surface area contributed by atoms with Crippen LogP contribution in [0.1, 0.15) is 35.4 Å². The Morgan fingerprint density at radius 1 is 0.867 bits per heavy atom. The molecule has 12 N–H and O–H groups in total. The summed E-state index contributed by atoms with van der Waals surface area (Å²) < 4.78 is 28.6. The monoisotopic (exact) mass is 642 g/mol. The van der Waals surface area contributed by atoms with Gasteiger partial charge in [-0.15, -0.1) is 0 Å². The fourth-order valence-corrected chi connectivity index (χ4v) is 5.35. The van der Waals surface area contributed by atoms with Crippen molar-refractivity contribution in [3.63, 3.8) is 0 Å². The third kappa shape index (κ3) is 6.18. The zero-order chi connectivity index (χ0) is 32.7. The van der Waals surface area contributed by atoms with Gasteiger partial charge >= 0.3 is 0 Å². The average molecular weight is 643 g/mol. The van der Waals surface area contributed by atoms with Crippen LogP contribution in [0.2, 0.25) is 0 Å². The number of aliphatic hydroxyl groups is 6. The van der Waals surface area contributed by atoms with Crippen LogP contribution in [0.5, 0.6) is 34.5 Å². The summed E-state index contributed by atoms with van der Waals surface area (Å²) in [6.45, 7) is 0.657. The number of ether oxygens (including phenoxy) is 5. The van der Waals surface area contributed by atoms with Crippen molar-refractivity contribution in [2.75, 3.05) is 6.61 Å². The molecule has 0 bridgehead atoms. The molecule has 0 amide bonds. The molecule has 5 rings (SSSR count). The van der Waals surface area contributed by atoms with Gasteiger partial charge in [-0.3, -0.25) is 4.79 Å². The van der Waals surface area contributed by atoms with Crippen molar-refractivity contribution in [2.24, 2.45) is 11.8 Å². The quantitative estimate of drug-likeness (QED) is 0.131. The highest BCUT2D eigenvalue weighted by atomic mass is 16.8. The molecule has 2 aromatic carbocycles. The summed E-state index contributed by atoms with van der Waals surface area (Å²) in [4.78, 5) is 22.3. The van der Waals surface area contributed by atoms with Gasteiger partial charge in [0.2, 0.25) is 12.0 Å². The normalized spacial score (nSPS) is 34.9. The summed E-state index contributed by atoms with van der Waals surface area (Å²) in [6.07, 6.45) is -16.9. The van der Waals surface area contributed by atoms with E-state index in [1.165, 1.54) is 25.1 Å². The minimum Gasteiger partial charge on any atom is -0.507 e. The Labute approximate surface area is 254 Å². The van der Waals surface area contributed by atoms with Crippen LogP contribution in [-0.4, -0.2) is 115 Å². The predicted octanol–water partition coefficient (Wildman–Crippen LogP) is -2.66. The number of carbonyl (C=O) groups excluding carboxylic acids is 1. The number of benzene rings is 2. The molecule has 0 aliphatic carbocycles. The van der Waals surface area contributed by atoms with Crippen molar-refractivity contribution in [3.8, 4) is 34.5 Å². The Balaban J connectivity index is 1.43. The van der Waals surface area contributed by atoms with Crippen LogP contribution in [0.25, 0.3) is 0 Å². The number of hydrogen-bond donors (Lipinski definition) is 10. The number of fused-ring (bicyclic) bond motifs is 1. The molecule has 45 heavy (non-hydrogen) atoms. The van der Waals surface area contributed by atoms with Crippen molar-refractivity contribution in [3.05, 3.63) is 35.4 Å². The van der Waals surface area contributed by atoms with Crippen molar-refractivity contribution in [1.29, 1.82) is 0 Å². The molecule has 3 aliphatic rings. The lowest BCUT2D eigenvalue weighted by Crippen LogP contribution is -2.64. The van der Waals surface area contributed by atoms with E-state index in [4.69, 9.17) is 35.5 Å². The van der Waals surface area contributed by atoms with Crippen LogP contribution in [0, 0.1) is 0 Å². The second-order valence-electron chi connectivity index (χ2n) is 10.8. The largest absolute Gasteiger partial charge is 0.507 e. The molecule has 0 aromatic heterocycles. The van der Waals surface area contributed by atoms with E-state index in [1.807, 2.05) is 0 Å². The number of carbonyl (C=O) groups is 1. The number of phenols is 2. The molecule has 18 heteroatoms. The van der Waals surface area contributed by atoms with Crippen molar-refractivity contribution in [1.82, 2.24) is 0 Å². The molecule has 248 valence electrons. The van der Waals surface area contributed by atoms with Gasteiger partial charge in [-0.05, 0) is 19.1 Å². The molecule has 0 radical (unpaired) electrons. The summed E-state index contributed by atoms with van der Waals surface area (Å²) in [6, 6.07) is 4.86. The molecule has 0 saturated carbocycles. The topological polar surface area (TPSA) is 296 Å². The minimum atomic E-state index is -1.79. The molecule has 0 spiro atoms. The molecule has 2 aromatic rings. The molecule has 2 fully saturated rings. The number of aliphatic hydroxyl groups excluding tert-OH is 6. The SMILES string of the molecule is C[C@@H]1O[C@@H](O[C@H]2[C@H](Oc3cc(O)c4c(c3)OC(c3cc(ON)c(O)c(ON)c3)CC4=O)O[C@H](CO)[C@@H](O)[C@@H]2O)[C@H](O)[C@H](O)[C@H]1O. The van der Waals surface area contributed by atoms with Gasteiger partial charge in [-0.25, -0.2) is 0 Å². The number of phenolic OH excluding ortho intramolecular Hbond substituents is 2. The van der Waals surface area contributed by atoms with E-state index in [2.05, 4.69) is 9.68 Å². The third-order valence-corrected chi connectivity index (χ3v) is 7.84. The molecular formula is C27H34N2O16. The Kier molecular flexibility index (Phi) is 9.54. The standard InChI is InChI=1S/C27H34N2O16/c1-8-19(33)22(36)24(38)26(39-8)43-25-23(37)21(35)17(7-30)42-27(25)40-10-4-11(31)18-12(32)6-13(41-14(18)5-10)9-2-15(44-28)20(34)16(3-9)45-29/h2-5,8,13,17,19,21-27,30-31,33-38H,6-7,28-29H2,1H3/t8-,13?,17+,19-,21+,22+,23-,24+,25+,26-,27+/m0/s1. The first kappa shape index (κ1) is 32.9. The lowest BCUT2D eigenvalue weighted by Gasteiger charge is -2.45. The number of hydrogen-bond acceptors (Lipinski definition) is 18. The van der Waals surface area contributed by atoms with Gasteiger partial charge in [-0.1, -0.05) is 0 Å². The highest BCUT2D eigenvalue weighted by Gasteiger charge is 2.51. The summed E-state index contributed by atoms with van der Waals surface area (Å²) >= 11 is 0. The summed E-state index contributed by atoms with van der Waals surface area (Å²) in [5.41, 5.74) is 0.0855. The Morgan fingerprint density at radius 2 is 1.53 bits per heavy atom. The molecule has 3 heterocycles. The van der Waals surface area contributed by atoms with Crippen molar-refractivity contribution < 1.29 is 79.0 Å². The van der Waals surface area contributed by atoms with Crippen LogP contribution in [0.3, 0.4) is 0 Å². The molecule has 2 saturated heterocycles. The number of rotatable bonds is 8. The number of aromatic hydroxyl groups is 2. The van der Waals surface area contributed by atoms with Gasteiger partial charge < -0.3 is 74.2 Å². The van der Waals surface area contributed by atoms with E-state index in [0.717, 1.165) is 6.07 Å². The molecule has 18 nitrogen and oxygen atoms in total. The lowest BCUT2D eigenvalue weighted by molar-refractivity contribution is -0.354. The number of Topliss-reactive ketones (excluding diaryl/α,β-unsaturated/α-hetero) is 1. The van der Waals surface area contributed by atoms with Crippen LogP contribution in [-0.2, 0) is 14.2 Å². The zero-order valence-corrected chi connectivity index (χ0v) is 23.6. The van der Waals surface area contributed by atoms with E-state index < -0.39 is 91.4 Å². The lowest BCUT2D eigenvalue weighted by atomic mass is 9.95. The minimum absolute atomic E-state index is 0.144. The Morgan fingerprint density at radius 3 is 2.16 bits per heavy atom. The van der Waals surface area contributed by atoms with Crippen LogP contribution >= 0.6 is 0 Å². The first-order valence-corrected chi connectivity index (χ1v) is 13.7. The Hall–Kier alpha value is -3.53. The van der Waals surface area contributed by atoms with E-state index in [1.54, 1.807) is 0 Å². The highest BCUT2D eigenvalue weighted by Crippen LogP contribution is 2.45. The van der Waals surface area contributed by atoms with Gasteiger partial charge in [0, 0.05) is 17.7 Å². The maximum absolute atomic E-state index is 13.1. The molecular weight excluding hydrogens is 608 g/mol. The third-order valence-electron chi connectivity index (χ3n) is 7.84. The second-order valence-corrected chi connectivity index (χ2v) is 10.8. The van der Waals surface area contributed by atoms with Gasteiger partial charge in [0.1, 0.15) is 65.5 Å². The van der Waals surface area contributed by atoms with Crippen LogP contribution < -0.4 is 30.9 Å². The number of ketones is 1. The van der Waals surface area contributed by atoms with Gasteiger partial charge in [0.25, 0.3) is 0 Å². The Bertz CT molecular complexity index is 1370. The maximum atomic E-state index is 13.1. The zero-order valence-electron chi connectivity index (χ0n) is 23.6. The van der Waals surface area contributed by atoms with Crippen LogP contribution in [0.15, 0.2) is 24.3 Å². The first-order chi connectivity index (χ1) is 21.4. The van der Waals surface area contributed by atoms with Gasteiger partial charge in [0.05, 0.1) is 19.1 Å². The smallest absolute Gasteiger partial charge is 0.229 e. The molecule has 11 atom stereocenters. The first-order valence-electron chi connectivity index (χ1n) is 13.7. The molecule has 3 aliphatic heterocycles. The van der Waals surface area contributed by atoms with Gasteiger partial charge in [-0.2, -0.15) is 11.8 Å². The van der Waals surface area contributed by atoms with Crippen molar-refractivity contribution >= 4 is 5.78 Å².